The van der Waals surface area contributed by atoms with Gasteiger partial charge < -0.3 is 5.32 Å². The molecule has 0 spiro atoms. The molecule has 0 saturated heterocycles. The molecule has 29 heavy (non-hydrogen) atoms. The normalized spacial score (nSPS) is 18.3. The second kappa shape index (κ2) is 7.99. The van der Waals surface area contributed by atoms with Gasteiger partial charge in [-0.2, -0.15) is 0 Å². The van der Waals surface area contributed by atoms with Crippen molar-refractivity contribution in [2.24, 2.45) is 0 Å². The van der Waals surface area contributed by atoms with Crippen LogP contribution < -0.4 is 5.32 Å². The number of carbonyl (C=O) groups is 1. The van der Waals surface area contributed by atoms with Crippen LogP contribution in [0.25, 0.3) is 11.4 Å². The highest BCUT2D eigenvalue weighted by atomic mass is 32.2. The van der Waals surface area contributed by atoms with E-state index in [2.05, 4.69) is 49.3 Å². The Bertz CT molecular complexity index is 1020. The topological polar surface area (TPSA) is 72.7 Å². The number of fused-ring (bicyclic) bond motifs is 1. The number of benzene rings is 1. The molecule has 0 bridgehead atoms. The number of hydrogen-bond donors (Lipinski definition) is 1. The highest BCUT2D eigenvalue weighted by Crippen LogP contribution is 2.41. The van der Waals surface area contributed by atoms with Crippen molar-refractivity contribution in [2.45, 2.75) is 49.3 Å². The van der Waals surface area contributed by atoms with Crippen molar-refractivity contribution in [3.05, 3.63) is 59.9 Å². The molecule has 7 heteroatoms. The van der Waals surface area contributed by atoms with Crippen LogP contribution in [0.5, 0.6) is 0 Å². The standard InChI is InChI=1S/C22H23N5OS/c28-20(24-19-9-3-6-15-5-1-2-8-18(15)19)14-29-22-26-25-21(27(22)17-10-11-17)16-7-4-12-23-13-16/h1-2,4-5,7-8,12-13,17,19H,3,6,9-11,14H2,(H,24,28)/t19-/m0/s1. The molecular weight excluding hydrogens is 382 g/mol. The number of carbonyl (C=O) groups excluding carboxylic acids is 1. The summed E-state index contributed by atoms with van der Waals surface area (Å²) in [5, 5.41) is 12.8. The van der Waals surface area contributed by atoms with Gasteiger partial charge in [-0.05, 0) is 55.4 Å². The molecule has 6 nitrogen and oxygen atoms in total. The summed E-state index contributed by atoms with van der Waals surface area (Å²) >= 11 is 1.47. The van der Waals surface area contributed by atoms with Crippen LogP contribution in [0, 0.1) is 0 Å². The molecule has 2 aliphatic carbocycles. The first kappa shape index (κ1) is 18.4. The van der Waals surface area contributed by atoms with E-state index in [0.717, 1.165) is 48.6 Å². The molecule has 2 heterocycles. The molecular formula is C22H23N5OS. The van der Waals surface area contributed by atoms with Gasteiger partial charge in [0.2, 0.25) is 5.91 Å². The number of rotatable bonds is 6. The molecule has 1 saturated carbocycles. The zero-order valence-electron chi connectivity index (χ0n) is 16.1. The number of pyridine rings is 1. The summed E-state index contributed by atoms with van der Waals surface area (Å²) in [6.45, 7) is 0. The summed E-state index contributed by atoms with van der Waals surface area (Å²) in [5.41, 5.74) is 3.57. The molecule has 1 amide bonds. The average Bonchev–Trinajstić information content (AvgIpc) is 3.52. The molecule has 2 aliphatic rings. The fraction of sp³-hybridized carbons (Fsp3) is 0.364. The Balaban J connectivity index is 1.28. The predicted molar refractivity (Wildman–Crippen MR) is 113 cm³/mol. The molecule has 1 N–H and O–H groups in total. The van der Waals surface area contributed by atoms with Crippen LogP contribution in [0.1, 0.15) is 48.9 Å². The van der Waals surface area contributed by atoms with E-state index in [9.17, 15) is 4.79 Å². The zero-order chi connectivity index (χ0) is 19.6. The van der Waals surface area contributed by atoms with E-state index in [0.29, 0.717) is 11.8 Å². The van der Waals surface area contributed by atoms with Gasteiger partial charge in [0.05, 0.1) is 11.8 Å². The summed E-state index contributed by atoms with van der Waals surface area (Å²) < 4.78 is 2.17. The lowest BCUT2D eigenvalue weighted by atomic mass is 9.88. The first-order valence-corrected chi connectivity index (χ1v) is 11.1. The van der Waals surface area contributed by atoms with Crippen molar-refractivity contribution >= 4 is 17.7 Å². The minimum absolute atomic E-state index is 0.0463. The number of hydrogen-bond acceptors (Lipinski definition) is 5. The Labute approximate surface area is 174 Å². The van der Waals surface area contributed by atoms with E-state index in [4.69, 9.17) is 0 Å². The molecule has 0 unspecified atom stereocenters. The molecule has 0 aliphatic heterocycles. The molecule has 1 fully saturated rings. The minimum atomic E-state index is 0.0463. The number of nitrogens with zero attached hydrogens (tertiary/aromatic N) is 4. The van der Waals surface area contributed by atoms with Gasteiger partial charge in [0, 0.05) is 24.0 Å². The van der Waals surface area contributed by atoms with Crippen LogP contribution in [0.2, 0.25) is 0 Å². The molecule has 2 aromatic heterocycles. The van der Waals surface area contributed by atoms with Gasteiger partial charge in [-0.25, -0.2) is 0 Å². The fourth-order valence-electron chi connectivity index (χ4n) is 4.00. The van der Waals surface area contributed by atoms with E-state index < -0.39 is 0 Å². The van der Waals surface area contributed by atoms with Crippen LogP contribution in [0.4, 0.5) is 0 Å². The summed E-state index contributed by atoms with van der Waals surface area (Å²) in [6.07, 6.45) is 9.03. The number of thioether (sulfide) groups is 1. The molecule has 148 valence electrons. The van der Waals surface area contributed by atoms with Crippen LogP contribution in [0.3, 0.4) is 0 Å². The van der Waals surface area contributed by atoms with E-state index >= 15 is 0 Å². The van der Waals surface area contributed by atoms with Gasteiger partial charge in [0.1, 0.15) is 0 Å². The Morgan fingerprint density at radius 3 is 2.86 bits per heavy atom. The summed E-state index contributed by atoms with van der Waals surface area (Å²) in [4.78, 5) is 16.9. The van der Waals surface area contributed by atoms with E-state index in [1.807, 2.05) is 18.3 Å². The third-order valence-electron chi connectivity index (χ3n) is 5.53. The average molecular weight is 406 g/mol. The quantitative estimate of drug-likeness (QED) is 0.629. The van der Waals surface area contributed by atoms with E-state index in [1.54, 1.807) is 6.20 Å². The van der Waals surface area contributed by atoms with Crippen LogP contribution in [-0.4, -0.2) is 31.4 Å². The number of amides is 1. The first-order valence-electron chi connectivity index (χ1n) is 10.1. The lowest BCUT2D eigenvalue weighted by Crippen LogP contribution is -2.32. The molecule has 1 aromatic carbocycles. The van der Waals surface area contributed by atoms with Gasteiger partial charge in [-0.1, -0.05) is 36.0 Å². The van der Waals surface area contributed by atoms with Crippen LogP contribution in [-0.2, 0) is 11.2 Å². The maximum absolute atomic E-state index is 12.7. The molecule has 0 radical (unpaired) electrons. The highest BCUT2D eigenvalue weighted by Gasteiger charge is 2.30. The Hall–Kier alpha value is -2.67. The van der Waals surface area contributed by atoms with Gasteiger partial charge in [0.25, 0.3) is 0 Å². The first-order chi connectivity index (χ1) is 14.3. The Morgan fingerprint density at radius 2 is 2.03 bits per heavy atom. The van der Waals surface area contributed by atoms with Gasteiger partial charge in [-0.3, -0.25) is 14.3 Å². The van der Waals surface area contributed by atoms with Crippen LogP contribution in [0.15, 0.2) is 53.9 Å². The Kier molecular flexibility index (Phi) is 5.06. The highest BCUT2D eigenvalue weighted by molar-refractivity contribution is 7.99. The monoisotopic (exact) mass is 405 g/mol. The van der Waals surface area contributed by atoms with Crippen LogP contribution >= 0.6 is 11.8 Å². The van der Waals surface area contributed by atoms with Crippen molar-refractivity contribution in [3.63, 3.8) is 0 Å². The lowest BCUT2D eigenvalue weighted by Gasteiger charge is -2.26. The second-order valence-corrected chi connectivity index (χ2v) is 8.59. The Morgan fingerprint density at radius 1 is 1.14 bits per heavy atom. The number of nitrogens with one attached hydrogen (secondary N) is 1. The molecule has 3 aromatic rings. The summed E-state index contributed by atoms with van der Waals surface area (Å²) in [6, 6.07) is 12.9. The van der Waals surface area contributed by atoms with Crippen molar-refractivity contribution in [2.75, 3.05) is 5.75 Å². The smallest absolute Gasteiger partial charge is 0.230 e. The van der Waals surface area contributed by atoms with E-state index in [1.165, 1.54) is 22.9 Å². The third-order valence-corrected chi connectivity index (χ3v) is 6.48. The van der Waals surface area contributed by atoms with E-state index in [-0.39, 0.29) is 11.9 Å². The predicted octanol–water partition coefficient (Wildman–Crippen LogP) is 3.96. The SMILES string of the molecule is O=C(CSc1nnc(-c2cccnc2)n1C1CC1)N[C@H]1CCCc2ccccc21. The lowest BCUT2D eigenvalue weighted by molar-refractivity contribution is -0.119. The molecule has 1 atom stereocenters. The van der Waals surface area contributed by atoms with Gasteiger partial charge in [-0.15, -0.1) is 10.2 Å². The van der Waals surface area contributed by atoms with Crippen molar-refractivity contribution in [1.82, 2.24) is 25.1 Å². The maximum atomic E-state index is 12.7. The van der Waals surface area contributed by atoms with Gasteiger partial charge in [0.15, 0.2) is 11.0 Å². The zero-order valence-corrected chi connectivity index (χ0v) is 16.9. The summed E-state index contributed by atoms with van der Waals surface area (Å²) in [7, 11) is 0. The molecule has 5 rings (SSSR count). The van der Waals surface area contributed by atoms with Crippen molar-refractivity contribution in [1.29, 1.82) is 0 Å². The van der Waals surface area contributed by atoms with Gasteiger partial charge >= 0.3 is 0 Å². The fourth-order valence-corrected chi connectivity index (χ4v) is 4.82. The second-order valence-electron chi connectivity index (χ2n) is 7.65. The number of aryl methyl sites for hydroxylation is 1. The minimum Gasteiger partial charge on any atom is -0.349 e. The maximum Gasteiger partial charge on any atom is 0.230 e. The van der Waals surface area contributed by atoms with Crippen molar-refractivity contribution < 1.29 is 4.79 Å². The number of aromatic nitrogens is 4. The summed E-state index contributed by atoms with van der Waals surface area (Å²) in [5.74, 6) is 1.23. The third kappa shape index (κ3) is 3.92. The largest absolute Gasteiger partial charge is 0.349 e. The van der Waals surface area contributed by atoms with Crippen molar-refractivity contribution in [3.8, 4) is 11.4 Å².